The maximum atomic E-state index is 12.3. The van der Waals surface area contributed by atoms with Gasteiger partial charge in [-0.15, -0.1) is 0 Å². The molecule has 1 heterocycles. The zero-order chi connectivity index (χ0) is 15.5. The van der Waals surface area contributed by atoms with Crippen molar-refractivity contribution in [2.75, 3.05) is 0 Å². The number of hydrogen-bond donors (Lipinski definition) is 2. The van der Waals surface area contributed by atoms with Crippen LogP contribution < -0.4 is 5.32 Å². The molecule has 0 aromatic carbocycles. The summed E-state index contributed by atoms with van der Waals surface area (Å²) in [7, 11) is 0. The first kappa shape index (κ1) is 15.9. The Balaban J connectivity index is 2.85. The number of carboxylic acid groups (broad SMARTS) is 1. The lowest BCUT2D eigenvalue weighted by molar-refractivity contribution is -0.140. The number of pyridine rings is 1. The number of hydrogen-bond acceptors (Lipinski definition) is 3. The van der Waals surface area contributed by atoms with Crippen molar-refractivity contribution in [1.29, 1.82) is 0 Å². The lowest BCUT2D eigenvalue weighted by atomic mass is 10.0. The van der Waals surface area contributed by atoms with Crippen LogP contribution >= 0.6 is 0 Å². The molecular formula is C12H13F3N2O3. The maximum absolute atomic E-state index is 12.3. The maximum Gasteiger partial charge on any atom is 0.417 e. The Kier molecular flexibility index (Phi) is 4.69. The van der Waals surface area contributed by atoms with Crippen molar-refractivity contribution in [2.24, 2.45) is 5.92 Å². The minimum atomic E-state index is -4.54. The minimum Gasteiger partial charge on any atom is -0.480 e. The molecule has 1 amide bonds. The van der Waals surface area contributed by atoms with Crippen molar-refractivity contribution in [1.82, 2.24) is 10.3 Å². The van der Waals surface area contributed by atoms with Gasteiger partial charge in [-0.25, -0.2) is 4.79 Å². The fourth-order valence-corrected chi connectivity index (χ4v) is 1.42. The third-order valence-corrected chi connectivity index (χ3v) is 2.54. The quantitative estimate of drug-likeness (QED) is 0.888. The largest absolute Gasteiger partial charge is 0.480 e. The standard InChI is InChI=1S/C12H13F3N2O3/c1-6(2)9(11(19)20)17-10(18)8-4-3-7(5-16-8)12(13,14)15/h3-6,9H,1-2H3,(H,17,18)(H,19,20). The second-order valence-corrected chi connectivity index (χ2v) is 4.46. The van der Waals surface area contributed by atoms with Gasteiger partial charge in [0.1, 0.15) is 11.7 Å². The number of carboxylic acids is 1. The van der Waals surface area contributed by atoms with Crippen LogP contribution in [0.25, 0.3) is 0 Å². The van der Waals surface area contributed by atoms with E-state index in [0.717, 1.165) is 6.07 Å². The van der Waals surface area contributed by atoms with Gasteiger partial charge in [0.05, 0.1) is 5.56 Å². The predicted molar refractivity (Wildman–Crippen MR) is 63.0 cm³/mol. The number of aliphatic carboxylic acids is 1. The van der Waals surface area contributed by atoms with E-state index in [0.29, 0.717) is 12.3 Å². The number of carbonyl (C=O) groups is 2. The first-order valence-electron chi connectivity index (χ1n) is 5.70. The van der Waals surface area contributed by atoms with E-state index in [1.807, 2.05) is 0 Å². The first-order valence-corrected chi connectivity index (χ1v) is 5.70. The van der Waals surface area contributed by atoms with Gasteiger partial charge in [-0.3, -0.25) is 9.78 Å². The van der Waals surface area contributed by atoms with E-state index in [9.17, 15) is 22.8 Å². The lowest BCUT2D eigenvalue weighted by Crippen LogP contribution is -2.44. The van der Waals surface area contributed by atoms with Gasteiger partial charge < -0.3 is 10.4 Å². The summed E-state index contributed by atoms with van der Waals surface area (Å²) < 4.78 is 37.0. The Bertz CT molecular complexity index is 498. The molecule has 0 spiro atoms. The highest BCUT2D eigenvalue weighted by atomic mass is 19.4. The Hall–Kier alpha value is -2.12. The highest BCUT2D eigenvalue weighted by molar-refractivity contribution is 5.95. The molecule has 5 nitrogen and oxygen atoms in total. The summed E-state index contributed by atoms with van der Waals surface area (Å²) >= 11 is 0. The van der Waals surface area contributed by atoms with Crippen LogP contribution in [0.5, 0.6) is 0 Å². The van der Waals surface area contributed by atoms with Crippen molar-refractivity contribution in [2.45, 2.75) is 26.1 Å². The normalized spacial score (nSPS) is 13.1. The van der Waals surface area contributed by atoms with Crippen molar-refractivity contribution in [3.05, 3.63) is 29.6 Å². The molecule has 0 aliphatic rings. The average Bonchev–Trinajstić information content (AvgIpc) is 2.34. The number of amides is 1. The van der Waals surface area contributed by atoms with Gasteiger partial charge in [0, 0.05) is 6.20 Å². The van der Waals surface area contributed by atoms with Gasteiger partial charge in [-0.05, 0) is 18.1 Å². The van der Waals surface area contributed by atoms with Gasteiger partial charge in [-0.2, -0.15) is 13.2 Å². The molecule has 8 heteroatoms. The summed E-state index contributed by atoms with van der Waals surface area (Å²) in [6, 6.07) is 0.483. The Morgan fingerprint density at radius 2 is 1.90 bits per heavy atom. The van der Waals surface area contributed by atoms with Crippen LogP contribution in [0.2, 0.25) is 0 Å². The van der Waals surface area contributed by atoms with Gasteiger partial charge in [0.15, 0.2) is 0 Å². The number of alkyl halides is 3. The van der Waals surface area contributed by atoms with Crippen LogP contribution in [0.4, 0.5) is 13.2 Å². The van der Waals surface area contributed by atoms with E-state index in [1.54, 1.807) is 13.8 Å². The SMILES string of the molecule is CC(C)C(NC(=O)c1ccc(C(F)(F)F)cn1)C(=O)O. The predicted octanol–water partition coefficient (Wildman–Crippen LogP) is 1.94. The zero-order valence-electron chi connectivity index (χ0n) is 10.7. The average molecular weight is 290 g/mol. The molecule has 0 saturated carbocycles. The molecule has 20 heavy (non-hydrogen) atoms. The monoisotopic (exact) mass is 290 g/mol. The molecule has 0 aliphatic heterocycles. The third kappa shape index (κ3) is 3.94. The molecular weight excluding hydrogens is 277 g/mol. The lowest BCUT2D eigenvalue weighted by Gasteiger charge is -2.17. The van der Waals surface area contributed by atoms with Crippen LogP contribution in [0.1, 0.15) is 29.9 Å². The smallest absolute Gasteiger partial charge is 0.417 e. The molecule has 1 aromatic heterocycles. The highest BCUT2D eigenvalue weighted by Gasteiger charge is 2.31. The molecule has 1 rings (SSSR count). The van der Waals surface area contributed by atoms with E-state index in [4.69, 9.17) is 5.11 Å². The Morgan fingerprint density at radius 1 is 1.30 bits per heavy atom. The number of rotatable bonds is 4. The highest BCUT2D eigenvalue weighted by Crippen LogP contribution is 2.28. The number of carbonyl (C=O) groups excluding carboxylic acids is 1. The summed E-state index contributed by atoms with van der Waals surface area (Å²) in [5, 5.41) is 11.1. The topological polar surface area (TPSA) is 79.3 Å². The number of nitrogens with one attached hydrogen (secondary N) is 1. The van der Waals surface area contributed by atoms with Gasteiger partial charge >= 0.3 is 12.1 Å². The van der Waals surface area contributed by atoms with E-state index in [1.165, 1.54) is 0 Å². The summed E-state index contributed by atoms with van der Waals surface area (Å²) in [6.45, 7) is 3.19. The molecule has 0 saturated heterocycles. The Labute approximate surface area is 112 Å². The molecule has 1 atom stereocenters. The second-order valence-electron chi connectivity index (χ2n) is 4.46. The fraction of sp³-hybridized carbons (Fsp3) is 0.417. The third-order valence-electron chi connectivity index (χ3n) is 2.54. The second kappa shape index (κ2) is 5.89. The summed E-state index contributed by atoms with van der Waals surface area (Å²) in [5.74, 6) is -2.43. The molecule has 0 fully saturated rings. The van der Waals surface area contributed by atoms with Crippen LogP contribution in [0, 0.1) is 5.92 Å². The minimum absolute atomic E-state index is 0.273. The van der Waals surface area contributed by atoms with Crippen LogP contribution in [-0.4, -0.2) is 28.0 Å². The molecule has 1 unspecified atom stereocenters. The van der Waals surface area contributed by atoms with Gasteiger partial charge in [0.2, 0.25) is 0 Å². The summed E-state index contributed by atoms with van der Waals surface area (Å²) in [4.78, 5) is 26.0. The number of aromatic nitrogens is 1. The molecule has 110 valence electrons. The van der Waals surface area contributed by atoms with Crippen molar-refractivity contribution in [3.8, 4) is 0 Å². The summed E-state index contributed by atoms with van der Waals surface area (Å²) in [6.07, 6.45) is -4.01. The van der Waals surface area contributed by atoms with Crippen LogP contribution in [-0.2, 0) is 11.0 Å². The van der Waals surface area contributed by atoms with Crippen molar-refractivity contribution in [3.63, 3.8) is 0 Å². The van der Waals surface area contributed by atoms with Gasteiger partial charge in [-0.1, -0.05) is 13.8 Å². The van der Waals surface area contributed by atoms with Crippen LogP contribution in [0.3, 0.4) is 0 Å². The van der Waals surface area contributed by atoms with E-state index >= 15 is 0 Å². The molecule has 0 radical (unpaired) electrons. The van der Waals surface area contributed by atoms with E-state index in [2.05, 4.69) is 10.3 Å². The first-order chi connectivity index (χ1) is 9.12. The van der Waals surface area contributed by atoms with Gasteiger partial charge in [0.25, 0.3) is 5.91 Å². The van der Waals surface area contributed by atoms with E-state index < -0.39 is 29.7 Å². The molecule has 2 N–H and O–H groups in total. The number of nitrogens with zero attached hydrogens (tertiary/aromatic N) is 1. The molecule has 1 aromatic rings. The molecule has 0 aliphatic carbocycles. The zero-order valence-corrected chi connectivity index (χ0v) is 10.7. The van der Waals surface area contributed by atoms with E-state index in [-0.39, 0.29) is 11.6 Å². The Morgan fingerprint density at radius 3 is 2.25 bits per heavy atom. The van der Waals surface area contributed by atoms with Crippen molar-refractivity contribution < 1.29 is 27.9 Å². The number of halogens is 3. The fourth-order valence-electron chi connectivity index (χ4n) is 1.42. The van der Waals surface area contributed by atoms with Crippen molar-refractivity contribution >= 4 is 11.9 Å². The summed E-state index contributed by atoms with van der Waals surface area (Å²) in [5.41, 5.74) is -1.25. The molecule has 0 bridgehead atoms. The van der Waals surface area contributed by atoms with Crippen LogP contribution in [0.15, 0.2) is 18.3 Å².